The van der Waals surface area contributed by atoms with Gasteiger partial charge < -0.3 is 15.0 Å². The molecule has 3 aromatic rings. The van der Waals surface area contributed by atoms with Gasteiger partial charge in [-0.3, -0.25) is 14.7 Å². The molecule has 25 heavy (non-hydrogen) atoms. The molecule has 0 unspecified atom stereocenters. The summed E-state index contributed by atoms with van der Waals surface area (Å²) in [6.45, 7) is 4.54. The fraction of sp³-hybridized carbons (Fsp3) is 0.278. The first-order valence-electron chi connectivity index (χ1n) is 8.35. The maximum absolute atomic E-state index is 11.3. The molecule has 0 aliphatic carbocycles. The molecular formula is C18H20N6O. The first-order chi connectivity index (χ1) is 12.2. The fourth-order valence-corrected chi connectivity index (χ4v) is 3.21. The van der Waals surface area contributed by atoms with Crippen molar-refractivity contribution in [2.45, 2.75) is 6.54 Å². The van der Waals surface area contributed by atoms with Crippen LogP contribution < -0.4 is 10.6 Å². The molecule has 1 fully saturated rings. The molecule has 4 rings (SSSR count). The van der Waals surface area contributed by atoms with E-state index in [4.69, 9.17) is 5.73 Å². The second kappa shape index (κ2) is 6.52. The van der Waals surface area contributed by atoms with E-state index in [0.717, 1.165) is 49.8 Å². The second-order valence-electron chi connectivity index (χ2n) is 6.23. The third-order valence-corrected chi connectivity index (χ3v) is 4.53. The lowest BCUT2D eigenvalue weighted by atomic mass is 10.2. The molecule has 3 aromatic heterocycles. The van der Waals surface area contributed by atoms with Gasteiger partial charge >= 0.3 is 0 Å². The Balaban J connectivity index is 1.39. The fourth-order valence-electron chi connectivity index (χ4n) is 3.21. The number of rotatable bonds is 4. The normalized spacial score (nSPS) is 15.6. The zero-order chi connectivity index (χ0) is 17.2. The number of carbonyl (C=O) groups excluding carboxylic acids is 1. The summed E-state index contributed by atoms with van der Waals surface area (Å²) in [5.74, 6) is -0.493. The van der Waals surface area contributed by atoms with E-state index in [1.54, 1.807) is 12.3 Å². The number of piperazine rings is 1. The maximum atomic E-state index is 11.3. The summed E-state index contributed by atoms with van der Waals surface area (Å²) >= 11 is 0. The Morgan fingerprint density at radius 2 is 2.00 bits per heavy atom. The first kappa shape index (κ1) is 15.6. The van der Waals surface area contributed by atoms with Crippen LogP contribution in [0, 0.1) is 0 Å². The molecule has 1 amide bonds. The van der Waals surface area contributed by atoms with Crippen molar-refractivity contribution in [3.63, 3.8) is 0 Å². The van der Waals surface area contributed by atoms with E-state index in [1.807, 2.05) is 34.9 Å². The Morgan fingerprint density at radius 1 is 1.16 bits per heavy atom. The molecule has 1 aliphatic heterocycles. The molecule has 0 atom stereocenters. The lowest BCUT2D eigenvalue weighted by Gasteiger charge is -2.35. The third-order valence-electron chi connectivity index (χ3n) is 4.53. The SMILES string of the molecule is NC(=O)c1cc(N2CCN(Cc3cn4ccccc4n3)CC2)ccn1. The molecule has 2 N–H and O–H groups in total. The van der Waals surface area contributed by atoms with Gasteiger partial charge in [0.25, 0.3) is 5.91 Å². The van der Waals surface area contributed by atoms with Gasteiger partial charge in [-0.05, 0) is 24.3 Å². The van der Waals surface area contributed by atoms with Crippen LogP contribution in [0.15, 0.2) is 48.9 Å². The minimum atomic E-state index is -0.493. The van der Waals surface area contributed by atoms with Gasteiger partial charge in [0.15, 0.2) is 0 Å². The number of hydrogen-bond acceptors (Lipinski definition) is 5. The van der Waals surface area contributed by atoms with Gasteiger partial charge in [-0.15, -0.1) is 0 Å². The lowest BCUT2D eigenvalue weighted by molar-refractivity contribution is 0.0995. The standard InChI is InChI=1S/C18H20N6O/c19-18(25)16-11-15(4-5-20-16)23-9-7-22(8-10-23)12-14-13-24-6-2-1-3-17(24)21-14/h1-6,11,13H,7-10,12H2,(H2,19,25). The van der Waals surface area contributed by atoms with Gasteiger partial charge in [0.2, 0.25) is 0 Å². The molecule has 0 radical (unpaired) electrons. The second-order valence-corrected chi connectivity index (χ2v) is 6.23. The van der Waals surface area contributed by atoms with Crippen LogP contribution in [0.5, 0.6) is 0 Å². The zero-order valence-corrected chi connectivity index (χ0v) is 13.9. The van der Waals surface area contributed by atoms with Crippen molar-refractivity contribution in [2.75, 3.05) is 31.1 Å². The van der Waals surface area contributed by atoms with Crippen LogP contribution in [0.4, 0.5) is 5.69 Å². The number of carbonyl (C=O) groups is 1. The Bertz CT molecular complexity index is 864. The Labute approximate surface area is 145 Å². The van der Waals surface area contributed by atoms with Crippen molar-refractivity contribution in [1.82, 2.24) is 19.3 Å². The van der Waals surface area contributed by atoms with Crippen LogP contribution in [0.3, 0.4) is 0 Å². The van der Waals surface area contributed by atoms with Crippen molar-refractivity contribution in [3.05, 3.63) is 60.3 Å². The van der Waals surface area contributed by atoms with E-state index in [9.17, 15) is 4.79 Å². The highest BCUT2D eigenvalue weighted by molar-refractivity contribution is 5.91. The highest BCUT2D eigenvalue weighted by Crippen LogP contribution is 2.18. The van der Waals surface area contributed by atoms with Crippen LogP contribution in [0.25, 0.3) is 5.65 Å². The zero-order valence-electron chi connectivity index (χ0n) is 13.9. The summed E-state index contributed by atoms with van der Waals surface area (Å²) in [5.41, 5.74) is 8.68. The summed E-state index contributed by atoms with van der Waals surface area (Å²) < 4.78 is 2.05. The van der Waals surface area contributed by atoms with Crippen LogP contribution in [0.1, 0.15) is 16.2 Å². The molecule has 128 valence electrons. The molecule has 7 nitrogen and oxygen atoms in total. The number of imidazole rings is 1. The molecule has 7 heteroatoms. The van der Waals surface area contributed by atoms with Gasteiger partial charge in [-0.2, -0.15) is 0 Å². The maximum Gasteiger partial charge on any atom is 0.267 e. The predicted octanol–water partition coefficient (Wildman–Crippen LogP) is 1.15. The number of fused-ring (bicyclic) bond motifs is 1. The van der Waals surface area contributed by atoms with Crippen LogP contribution in [-0.4, -0.2) is 51.4 Å². The highest BCUT2D eigenvalue weighted by Gasteiger charge is 2.19. The topological polar surface area (TPSA) is 79.8 Å². The molecule has 4 heterocycles. The lowest BCUT2D eigenvalue weighted by Crippen LogP contribution is -2.46. The van der Waals surface area contributed by atoms with E-state index in [2.05, 4.69) is 26.0 Å². The van der Waals surface area contributed by atoms with Gasteiger partial charge in [-0.25, -0.2) is 4.98 Å². The Morgan fingerprint density at radius 3 is 2.76 bits per heavy atom. The number of nitrogens with two attached hydrogens (primary N) is 1. The summed E-state index contributed by atoms with van der Waals surface area (Å²) in [7, 11) is 0. The molecule has 0 aromatic carbocycles. The van der Waals surface area contributed by atoms with Crippen molar-refractivity contribution >= 4 is 17.2 Å². The minimum Gasteiger partial charge on any atom is -0.369 e. The largest absolute Gasteiger partial charge is 0.369 e. The number of hydrogen-bond donors (Lipinski definition) is 1. The van der Waals surface area contributed by atoms with Crippen molar-refractivity contribution in [1.29, 1.82) is 0 Å². The number of anilines is 1. The molecular weight excluding hydrogens is 316 g/mol. The molecule has 1 saturated heterocycles. The number of pyridine rings is 2. The average molecular weight is 336 g/mol. The predicted molar refractivity (Wildman–Crippen MR) is 95.4 cm³/mol. The number of primary amides is 1. The van der Waals surface area contributed by atoms with Gasteiger partial charge in [0.1, 0.15) is 11.3 Å². The van der Waals surface area contributed by atoms with Gasteiger partial charge in [0.05, 0.1) is 5.69 Å². The van der Waals surface area contributed by atoms with Crippen LogP contribution in [0.2, 0.25) is 0 Å². The van der Waals surface area contributed by atoms with Crippen LogP contribution >= 0.6 is 0 Å². The Kier molecular flexibility index (Phi) is 4.07. The van der Waals surface area contributed by atoms with Crippen molar-refractivity contribution in [2.24, 2.45) is 5.73 Å². The molecule has 0 bridgehead atoms. The third kappa shape index (κ3) is 3.32. The monoisotopic (exact) mass is 336 g/mol. The molecule has 0 spiro atoms. The smallest absolute Gasteiger partial charge is 0.267 e. The van der Waals surface area contributed by atoms with Crippen LogP contribution in [-0.2, 0) is 6.54 Å². The van der Waals surface area contributed by atoms with Crippen molar-refractivity contribution < 1.29 is 4.79 Å². The Hall–Kier alpha value is -2.93. The number of nitrogens with zero attached hydrogens (tertiary/aromatic N) is 5. The van der Waals surface area contributed by atoms with E-state index < -0.39 is 5.91 Å². The number of aromatic nitrogens is 3. The number of amides is 1. The average Bonchev–Trinajstić information content (AvgIpc) is 3.04. The van der Waals surface area contributed by atoms with E-state index in [0.29, 0.717) is 5.69 Å². The summed E-state index contributed by atoms with van der Waals surface area (Å²) in [4.78, 5) is 24.6. The van der Waals surface area contributed by atoms with E-state index >= 15 is 0 Å². The van der Waals surface area contributed by atoms with Crippen molar-refractivity contribution in [3.8, 4) is 0 Å². The molecule has 1 aliphatic rings. The van der Waals surface area contributed by atoms with Gasteiger partial charge in [0, 0.05) is 57.0 Å². The first-order valence-corrected chi connectivity index (χ1v) is 8.35. The quantitative estimate of drug-likeness (QED) is 0.773. The summed E-state index contributed by atoms with van der Waals surface area (Å²) in [6.07, 6.45) is 5.74. The minimum absolute atomic E-state index is 0.310. The van der Waals surface area contributed by atoms with E-state index in [1.165, 1.54) is 0 Å². The highest BCUT2D eigenvalue weighted by atomic mass is 16.1. The van der Waals surface area contributed by atoms with Gasteiger partial charge in [-0.1, -0.05) is 6.07 Å². The summed E-state index contributed by atoms with van der Waals surface area (Å²) in [6, 6.07) is 9.71. The summed E-state index contributed by atoms with van der Waals surface area (Å²) in [5, 5.41) is 0. The molecule has 0 saturated carbocycles. The van der Waals surface area contributed by atoms with E-state index in [-0.39, 0.29) is 0 Å².